The number of alkyl halides is 8. The summed E-state index contributed by atoms with van der Waals surface area (Å²) in [7, 11) is 0. The quantitative estimate of drug-likeness (QED) is 0.637. The maximum Gasteiger partial charge on any atom is 0.272 e. The summed E-state index contributed by atoms with van der Waals surface area (Å²) < 4.78 is 94.2. The average molecular weight is 230 g/mol. The molecule has 0 aliphatic carbocycles. The molecule has 0 radical (unpaired) electrons. The van der Waals surface area contributed by atoms with E-state index in [0.29, 0.717) is 0 Å². The van der Waals surface area contributed by atoms with Crippen molar-refractivity contribution in [3.05, 3.63) is 0 Å². The molecule has 0 saturated heterocycles. The molecule has 86 valence electrons. The van der Waals surface area contributed by atoms with E-state index in [1.165, 1.54) is 0 Å². The molecule has 0 nitrogen and oxygen atoms in total. The summed E-state index contributed by atoms with van der Waals surface area (Å²) >= 11 is 0. The molecule has 0 N–H and O–H groups in total. The zero-order valence-corrected chi connectivity index (χ0v) is 6.49. The Kier molecular flexibility index (Phi) is 5.14. The molecule has 0 spiro atoms. The highest BCUT2D eigenvalue weighted by atomic mass is 19.3. The van der Waals surface area contributed by atoms with E-state index in [2.05, 4.69) is 0 Å². The molecule has 0 fully saturated rings. The van der Waals surface area contributed by atoms with Crippen molar-refractivity contribution in [2.45, 2.75) is 37.5 Å². The lowest BCUT2D eigenvalue weighted by Crippen LogP contribution is -2.41. The maximum atomic E-state index is 12.2. The Labute approximate surface area is 73.9 Å². The first-order valence-corrected chi connectivity index (χ1v) is 3.41. The van der Waals surface area contributed by atoms with E-state index in [0.717, 1.165) is 0 Å². The van der Waals surface area contributed by atoms with Gasteiger partial charge in [0.1, 0.15) is 0 Å². The lowest BCUT2D eigenvalue weighted by atomic mass is 10.1. The highest BCUT2D eigenvalue weighted by Crippen LogP contribution is 2.24. The molecule has 0 aromatic rings. The fourth-order valence-electron chi connectivity index (χ4n) is 0.629. The van der Waals surface area contributed by atoms with Gasteiger partial charge in [0.05, 0.1) is 0 Å². The van der Waals surface area contributed by atoms with Crippen LogP contribution in [0.1, 0.15) is 0 Å². The molecule has 0 bridgehead atoms. The van der Waals surface area contributed by atoms with Crippen LogP contribution in [0.5, 0.6) is 0 Å². The molecule has 4 atom stereocenters. The highest BCUT2D eigenvalue weighted by molar-refractivity contribution is 4.84. The molecule has 0 amide bonds. The van der Waals surface area contributed by atoms with Crippen molar-refractivity contribution >= 4 is 0 Å². The molecule has 4 unspecified atom stereocenters. The third-order valence-corrected chi connectivity index (χ3v) is 1.39. The Balaban J connectivity index is 4.30. The molecule has 14 heavy (non-hydrogen) atoms. The zero-order valence-electron chi connectivity index (χ0n) is 6.49. The Morgan fingerprint density at radius 1 is 0.357 bits per heavy atom. The van der Waals surface area contributed by atoms with Crippen molar-refractivity contribution in [1.82, 2.24) is 0 Å². The lowest BCUT2D eigenvalue weighted by molar-refractivity contribution is -0.0698. The van der Waals surface area contributed by atoms with E-state index in [4.69, 9.17) is 0 Å². The van der Waals surface area contributed by atoms with E-state index in [1.807, 2.05) is 0 Å². The lowest BCUT2D eigenvalue weighted by Gasteiger charge is -2.19. The number of hydrogen-bond acceptors (Lipinski definition) is 0. The van der Waals surface area contributed by atoms with E-state index in [-0.39, 0.29) is 0 Å². The largest absolute Gasteiger partial charge is 0.272 e. The molecule has 0 saturated carbocycles. The van der Waals surface area contributed by atoms with Crippen LogP contribution in [0.25, 0.3) is 0 Å². The minimum atomic E-state index is -3.88. The number of hydrogen-bond donors (Lipinski definition) is 0. The van der Waals surface area contributed by atoms with Crippen LogP contribution in [0.4, 0.5) is 35.1 Å². The monoisotopic (exact) mass is 230 g/mol. The summed E-state index contributed by atoms with van der Waals surface area (Å²) in [6.45, 7) is 0. The van der Waals surface area contributed by atoms with Crippen molar-refractivity contribution in [2.24, 2.45) is 0 Å². The molecule has 0 aromatic carbocycles. The Morgan fingerprint density at radius 2 is 0.571 bits per heavy atom. The van der Waals surface area contributed by atoms with Crippen LogP contribution < -0.4 is 0 Å². The summed E-state index contributed by atoms with van der Waals surface area (Å²) in [5.41, 5.74) is 0. The maximum absolute atomic E-state index is 12.2. The van der Waals surface area contributed by atoms with Crippen LogP contribution in [0.15, 0.2) is 0 Å². The smallest absolute Gasteiger partial charge is 0.241 e. The Bertz CT molecular complexity index is 142. The van der Waals surface area contributed by atoms with Gasteiger partial charge in [-0.1, -0.05) is 0 Å². The third-order valence-electron chi connectivity index (χ3n) is 1.39. The van der Waals surface area contributed by atoms with E-state index < -0.39 is 37.5 Å². The van der Waals surface area contributed by atoms with Gasteiger partial charge in [-0.2, -0.15) is 0 Å². The SMILES string of the molecule is FC(F)C(F)C(F)C(F)C(F)C(F)F. The van der Waals surface area contributed by atoms with Crippen molar-refractivity contribution in [1.29, 1.82) is 0 Å². The summed E-state index contributed by atoms with van der Waals surface area (Å²) in [5.74, 6) is 0. The molecule has 0 aliphatic heterocycles. The number of rotatable bonds is 5. The first-order valence-electron chi connectivity index (χ1n) is 3.41. The van der Waals surface area contributed by atoms with Gasteiger partial charge in [-0.05, 0) is 0 Å². The van der Waals surface area contributed by atoms with Gasteiger partial charge in [-0.3, -0.25) is 0 Å². The minimum absolute atomic E-state index is 3.60. The second kappa shape index (κ2) is 5.35. The topological polar surface area (TPSA) is 0 Å². The molecule has 0 aliphatic rings. The molecular formula is C6H6F8. The van der Waals surface area contributed by atoms with Crippen LogP contribution in [0, 0.1) is 0 Å². The normalized spacial score (nSPS) is 21.0. The standard InChI is InChI=1S/C6H6F8/c7-1(3(9)5(11)12)2(8)4(10)6(13)14/h1-6H. The van der Waals surface area contributed by atoms with Crippen molar-refractivity contribution in [3.63, 3.8) is 0 Å². The van der Waals surface area contributed by atoms with Gasteiger partial charge in [0.2, 0.25) is 0 Å². The van der Waals surface area contributed by atoms with Crippen LogP contribution in [-0.4, -0.2) is 37.5 Å². The first kappa shape index (κ1) is 13.4. The van der Waals surface area contributed by atoms with Crippen molar-refractivity contribution in [3.8, 4) is 0 Å². The van der Waals surface area contributed by atoms with Crippen molar-refractivity contribution < 1.29 is 35.1 Å². The molecule has 0 rings (SSSR count). The van der Waals surface area contributed by atoms with Gasteiger partial charge >= 0.3 is 0 Å². The Hall–Kier alpha value is -0.560. The van der Waals surface area contributed by atoms with Gasteiger partial charge in [0.15, 0.2) is 24.7 Å². The predicted molar refractivity (Wildman–Crippen MR) is 31.6 cm³/mol. The summed E-state index contributed by atoms with van der Waals surface area (Å²) in [6, 6.07) is 0. The molecule has 8 heteroatoms. The van der Waals surface area contributed by atoms with Gasteiger partial charge in [0.25, 0.3) is 12.9 Å². The third kappa shape index (κ3) is 3.30. The minimum Gasteiger partial charge on any atom is -0.241 e. The predicted octanol–water partition coefficient (Wildman–Crippen LogP) is 2.87. The fraction of sp³-hybridized carbons (Fsp3) is 1.00. The van der Waals surface area contributed by atoms with Gasteiger partial charge < -0.3 is 0 Å². The summed E-state index contributed by atoms with van der Waals surface area (Å²) in [5, 5.41) is 0. The van der Waals surface area contributed by atoms with E-state index in [1.54, 1.807) is 0 Å². The average Bonchev–Trinajstić information content (AvgIpc) is 2.12. The molecule has 0 aromatic heterocycles. The molecule has 0 heterocycles. The highest BCUT2D eigenvalue weighted by Gasteiger charge is 2.43. The number of halogens is 8. The van der Waals surface area contributed by atoms with E-state index >= 15 is 0 Å². The van der Waals surface area contributed by atoms with E-state index in [9.17, 15) is 35.1 Å². The summed E-state index contributed by atoms with van der Waals surface area (Å²) in [6.07, 6.45) is -22.2. The van der Waals surface area contributed by atoms with Crippen LogP contribution in [0.3, 0.4) is 0 Å². The fourth-order valence-corrected chi connectivity index (χ4v) is 0.629. The zero-order chi connectivity index (χ0) is 11.5. The first-order chi connectivity index (χ1) is 6.29. The Morgan fingerprint density at radius 3 is 0.714 bits per heavy atom. The van der Waals surface area contributed by atoms with Crippen LogP contribution in [0.2, 0.25) is 0 Å². The van der Waals surface area contributed by atoms with Crippen molar-refractivity contribution in [2.75, 3.05) is 0 Å². The van der Waals surface area contributed by atoms with Crippen LogP contribution in [-0.2, 0) is 0 Å². The van der Waals surface area contributed by atoms with Crippen LogP contribution >= 0.6 is 0 Å². The van der Waals surface area contributed by atoms with Gasteiger partial charge in [-0.25, -0.2) is 35.1 Å². The second-order valence-electron chi connectivity index (χ2n) is 2.45. The van der Waals surface area contributed by atoms with Gasteiger partial charge in [0, 0.05) is 0 Å². The second-order valence-corrected chi connectivity index (χ2v) is 2.45. The van der Waals surface area contributed by atoms with Gasteiger partial charge in [-0.15, -0.1) is 0 Å². The molecular weight excluding hydrogens is 224 g/mol. The summed E-state index contributed by atoms with van der Waals surface area (Å²) in [4.78, 5) is 0.